The molecule has 0 saturated carbocycles. The van der Waals surface area contributed by atoms with Crippen molar-refractivity contribution in [1.29, 1.82) is 0 Å². The van der Waals surface area contributed by atoms with Crippen LogP contribution < -0.4 is 16.0 Å². The van der Waals surface area contributed by atoms with E-state index < -0.39 is 47.5 Å². The number of epoxide rings is 1. The van der Waals surface area contributed by atoms with E-state index in [1.807, 2.05) is 95.3 Å². The molecule has 3 N–H and O–H groups in total. The quantitative estimate of drug-likeness (QED) is 0.109. The summed E-state index contributed by atoms with van der Waals surface area (Å²) in [6.07, 6.45) is 0.997. The van der Waals surface area contributed by atoms with E-state index in [-0.39, 0.29) is 36.4 Å². The van der Waals surface area contributed by atoms with Gasteiger partial charge in [0.05, 0.1) is 12.6 Å². The molecule has 11 nitrogen and oxygen atoms in total. The number of ketones is 1. The fourth-order valence-corrected chi connectivity index (χ4v) is 5.10. The highest BCUT2D eigenvalue weighted by molar-refractivity contribution is 5.98. The van der Waals surface area contributed by atoms with Crippen molar-refractivity contribution in [2.75, 3.05) is 6.61 Å². The van der Waals surface area contributed by atoms with Crippen LogP contribution in [0.5, 0.6) is 0 Å². The molecule has 11 heteroatoms. The van der Waals surface area contributed by atoms with Gasteiger partial charge in [-0.15, -0.1) is 0 Å². The zero-order valence-electron chi connectivity index (χ0n) is 27.1. The molecule has 0 bridgehead atoms. The van der Waals surface area contributed by atoms with Crippen LogP contribution in [-0.2, 0) is 36.8 Å². The molecule has 2 aromatic rings. The van der Waals surface area contributed by atoms with E-state index in [0.717, 1.165) is 11.1 Å². The number of carbonyl (C=O) groups excluding carboxylic acids is 4. The van der Waals surface area contributed by atoms with Crippen molar-refractivity contribution in [3.8, 4) is 0 Å². The normalized spacial score (nSPS) is 18.5. The predicted octanol–water partition coefficient (Wildman–Crippen LogP) is 4.45. The van der Waals surface area contributed by atoms with Crippen LogP contribution in [0.4, 0.5) is 0 Å². The molecule has 0 aromatic heterocycles. The maximum absolute atomic E-state index is 13.9. The fraction of sp³-hybridized carbons (Fsp3) is 0.529. The zero-order valence-corrected chi connectivity index (χ0v) is 27.1. The van der Waals surface area contributed by atoms with E-state index in [0.29, 0.717) is 13.0 Å². The highest BCUT2D eigenvalue weighted by Crippen LogP contribution is 2.30. The second kappa shape index (κ2) is 15.7. The van der Waals surface area contributed by atoms with Gasteiger partial charge in [-0.25, -0.2) is 0 Å². The van der Waals surface area contributed by atoms with Crippen molar-refractivity contribution >= 4 is 23.5 Å². The van der Waals surface area contributed by atoms with Crippen molar-refractivity contribution in [3.63, 3.8) is 0 Å². The van der Waals surface area contributed by atoms with Crippen molar-refractivity contribution in [2.45, 2.75) is 97.0 Å². The summed E-state index contributed by atoms with van der Waals surface area (Å²) in [6, 6.07) is 14.5. The third-order valence-corrected chi connectivity index (χ3v) is 7.57. The molecule has 1 aliphatic heterocycles. The molecule has 0 aliphatic carbocycles. The number of ether oxygens (including phenoxy) is 1. The average molecular weight is 619 g/mol. The lowest BCUT2D eigenvalue weighted by Gasteiger charge is -2.29. The Morgan fingerprint density at radius 1 is 0.844 bits per heavy atom. The first-order valence-electron chi connectivity index (χ1n) is 15.4. The minimum atomic E-state index is -1.08. The van der Waals surface area contributed by atoms with Gasteiger partial charge in [0.25, 0.3) is 0 Å². The van der Waals surface area contributed by atoms with Gasteiger partial charge in [-0.2, -0.15) is 0 Å². The summed E-state index contributed by atoms with van der Waals surface area (Å²) in [4.78, 5) is 57.1. The van der Waals surface area contributed by atoms with Crippen LogP contribution in [0.25, 0.3) is 10.4 Å². The summed E-state index contributed by atoms with van der Waals surface area (Å²) in [5.41, 5.74) is 9.47. The van der Waals surface area contributed by atoms with E-state index in [2.05, 4.69) is 26.0 Å². The van der Waals surface area contributed by atoms with Crippen LogP contribution in [0.1, 0.15) is 65.5 Å². The van der Waals surface area contributed by atoms with Gasteiger partial charge in [0, 0.05) is 11.3 Å². The Balaban J connectivity index is 1.85. The third-order valence-electron chi connectivity index (χ3n) is 7.57. The Morgan fingerprint density at radius 2 is 1.33 bits per heavy atom. The first-order valence-corrected chi connectivity index (χ1v) is 15.4. The van der Waals surface area contributed by atoms with Gasteiger partial charge >= 0.3 is 0 Å². The third kappa shape index (κ3) is 11.3. The van der Waals surface area contributed by atoms with Crippen LogP contribution in [-0.4, -0.2) is 59.9 Å². The highest BCUT2D eigenvalue weighted by atomic mass is 16.6. The van der Waals surface area contributed by atoms with Crippen molar-refractivity contribution < 1.29 is 23.9 Å². The predicted molar refractivity (Wildman–Crippen MR) is 172 cm³/mol. The number of hydrogen-bond donors (Lipinski definition) is 3. The van der Waals surface area contributed by atoms with Crippen molar-refractivity contribution in [2.24, 2.45) is 16.4 Å². The molecule has 2 aromatic carbocycles. The molecule has 45 heavy (non-hydrogen) atoms. The van der Waals surface area contributed by atoms with Crippen molar-refractivity contribution in [3.05, 3.63) is 82.2 Å². The number of hydrogen-bond acceptors (Lipinski definition) is 6. The van der Waals surface area contributed by atoms with Crippen LogP contribution in [0.3, 0.4) is 0 Å². The van der Waals surface area contributed by atoms with Crippen LogP contribution in [0, 0.1) is 11.3 Å². The van der Waals surface area contributed by atoms with Gasteiger partial charge in [-0.1, -0.05) is 100 Å². The fourth-order valence-electron chi connectivity index (χ4n) is 5.10. The Bertz CT molecular complexity index is 1360. The highest BCUT2D eigenvalue weighted by Gasteiger charge is 2.50. The van der Waals surface area contributed by atoms with E-state index in [4.69, 9.17) is 10.3 Å². The molecule has 1 fully saturated rings. The number of Topliss-reactive ketones (excluding diaryl/α,β-unsaturated/α-hetero) is 1. The summed E-state index contributed by atoms with van der Waals surface area (Å²) in [5.74, 6) is -1.74. The topological polar surface area (TPSA) is 166 Å². The van der Waals surface area contributed by atoms with Gasteiger partial charge in [0.15, 0.2) is 5.78 Å². The van der Waals surface area contributed by atoms with E-state index >= 15 is 0 Å². The number of amides is 3. The monoisotopic (exact) mass is 618 g/mol. The summed E-state index contributed by atoms with van der Waals surface area (Å²) in [7, 11) is 0. The molecular formula is C34H46N6O5. The number of nitrogens with one attached hydrogen (secondary N) is 3. The summed E-state index contributed by atoms with van der Waals surface area (Å²) < 4.78 is 5.37. The molecule has 1 aliphatic rings. The Kier molecular flexibility index (Phi) is 12.3. The molecule has 0 spiro atoms. The van der Waals surface area contributed by atoms with Crippen molar-refractivity contribution in [1.82, 2.24) is 16.0 Å². The lowest BCUT2D eigenvalue weighted by Crippen LogP contribution is -2.58. The minimum Gasteiger partial charge on any atom is -0.361 e. The Morgan fingerprint density at radius 3 is 1.82 bits per heavy atom. The lowest BCUT2D eigenvalue weighted by atomic mass is 9.87. The summed E-state index contributed by atoms with van der Waals surface area (Å²) >= 11 is 0. The number of benzene rings is 2. The Labute approximate surface area is 265 Å². The first-order chi connectivity index (χ1) is 21.2. The number of azide groups is 1. The lowest BCUT2D eigenvalue weighted by molar-refractivity contribution is -0.134. The molecule has 5 atom stereocenters. The summed E-state index contributed by atoms with van der Waals surface area (Å²) in [6.45, 7) is 11.7. The van der Waals surface area contributed by atoms with Crippen LogP contribution in [0.2, 0.25) is 0 Å². The molecule has 1 heterocycles. The SMILES string of the molecule is CC(C)C[C@H](NC(=O)[C@H](Cc1ccccc1)NC(=O)[C@H](CC(C)(C)C)NC(=O)C(Cc1ccccc1)N=[N+]=[N-])C(=O)[C@@]1(C)CO1. The molecule has 3 rings (SSSR count). The molecule has 1 unspecified atom stereocenters. The maximum Gasteiger partial charge on any atom is 0.243 e. The largest absolute Gasteiger partial charge is 0.361 e. The van der Waals surface area contributed by atoms with E-state index in [1.165, 1.54) is 0 Å². The second-order valence-electron chi connectivity index (χ2n) is 13.6. The minimum absolute atomic E-state index is 0.120. The van der Waals surface area contributed by atoms with Gasteiger partial charge in [0.1, 0.15) is 23.7 Å². The molecule has 242 valence electrons. The van der Waals surface area contributed by atoms with Crippen LogP contribution in [0.15, 0.2) is 65.8 Å². The maximum atomic E-state index is 13.9. The van der Waals surface area contributed by atoms with Gasteiger partial charge in [0.2, 0.25) is 17.7 Å². The standard InChI is InChI=1S/C34H46N6O5/c1-22(2)17-25(29(41)34(6)21-45-34)36-30(42)26(18-23-13-9-7-10-14-23)37-32(44)28(20-33(3,4)5)38-31(43)27(39-40-35)19-24-15-11-8-12-16-24/h7-16,22,25-28H,17-21H2,1-6H3,(H,36,42)(H,37,44)(H,38,43)/t25-,26-,27?,28-,34+/m0/s1. The second-order valence-corrected chi connectivity index (χ2v) is 13.6. The number of carbonyl (C=O) groups is 4. The van der Waals surface area contributed by atoms with Crippen LogP contribution >= 0.6 is 0 Å². The molecule has 3 amide bonds. The number of nitrogens with zero attached hydrogens (tertiary/aromatic N) is 3. The van der Waals surface area contributed by atoms with E-state index in [1.54, 1.807) is 6.92 Å². The first kappa shape index (κ1) is 35.3. The molecule has 1 saturated heterocycles. The molecule has 0 radical (unpaired) electrons. The van der Waals surface area contributed by atoms with Gasteiger partial charge in [-0.3, -0.25) is 19.2 Å². The van der Waals surface area contributed by atoms with Gasteiger partial charge in [-0.05, 0) is 54.2 Å². The van der Waals surface area contributed by atoms with E-state index in [9.17, 15) is 19.2 Å². The van der Waals surface area contributed by atoms with Gasteiger partial charge < -0.3 is 20.7 Å². The zero-order chi connectivity index (χ0) is 33.2. The smallest absolute Gasteiger partial charge is 0.243 e. The average Bonchev–Trinajstić information content (AvgIpc) is 3.73. The number of rotatable bonds is 16. The summed E-state index contributed by atoms with van der Waals surface area (Å²) in [5, 5.41) is 12.2. The Hall–Kier alpha value is -4.21. The molecular weight excluding hydrogens is 572 g/mol.